The van der Waals surface area contributed by atoms with Gasteiger partial charge in [-0.3, -0.25) is 4.98 Å². The monoisotopic (exact) mass is 208 g/mol. The Balaban J connectivity index is 2.42. The van der Waals surface area contributed by atoms with Crippen LogP contribution in [0.2, 0.25) is 0 Å². The predicted octanol–water partition coefficient (Wildman–Crippen LogP) is 1.64. The Kier molecular flexibility index (Phi) is 4.24. The smallest absolute Gasteiger partial charge is 0.0741 e. The molecule has 0 radical (unpaired) electrons. The molecule has 15 heavy (non-hydrogen) atoms. The Morgan fingerprint density at radius 1 is 1.53 bits per heavy atom. The zero-order chi connectivity index (χ0) is 11.3. The number of aromatic nitrogens is 1. The van der Waals surface area contributed by atoms with Gasteiger partial charge in [0.05, 0.1) is 5.60 Å². The van der Waals surface area contributed by atoms with Crippen LogP contribution in [-0.2, 0) is 6.54 Å². The zero-order valence-corrected chi connectivity index (χ0v) is 9.75. The van der Waals surface area contributed by atoms with E-state index in [0.29, 0.717) is 6.54 Å². The summed E-state index contributed by atoms with van der Waals surface area (Å²) in [5.41, 5.74) is 1.80. The van der Waals surface area contributed by atoms with E-state index in [1.807, 2.05) is 33.0 Å². The molecule has 3 heteroatoms. The normalized spacial score (nSPS) is 14.9. The number of aryl methyl sites for hydroxylation is 1. The van der Waals surface area contributed by atoms with Crippen LogP contribution in [0.3, 0.4) is 0 Å². The summed E-state index contributed by atoms with van der Waals surface area (Å²) < 4.78 is 0. The molecule has 84 valence electrons. The molecule has 1 aromatic heterocycles. The van der Waals surface area contributed by atoms with E-state index in [1.54, 1.807) is 6.20 Å². The Hall–Kier alpha value is -0.930. The molecule has 2 N–H and O–H groups in total. The van der Waals surface area contributed by atoms with E-state index in [9.17, 15) is 5.11 Å². The molecule has 0 aliphatic rings. The number of hydrogen-bond acceptors (Lipinski definition) is 3. The molecule has 0 aromatic carbocycles. The van der Waals surface area contributed by atoms with Crippen LogP contribution in [0.1, 0.15) is 31.4 Å². The lowest BCUT2D eigenvalue weighted by Gasteiger charge is -2.21. The van der Waals surface area contributed by atoms with E-state index in [-0.39, 0.29) is 0 Å². The molecule has 1 heterocycles. The van der Waals surface area contributed by atoms with Crippen LogP contribution < -0.4 is 5.32 Å². The zero-order valence-electron chi connectivity index (χ0n) is 9.75. The first-order chi connectivity index (χ1) is 7.05. The second-order valence-electron chi connectivity index (χ2n) is 4.26. The number of rotatable bonds is 5. The first kappa shape index (κ1) is 12.1. The van der Waals surface area contributed by atoms with Crippen LogP contribution in [0, 0.1) is 6.92 Å². The van der Waals surface area contributed by atoms with Crippen LogP contribution in [0.25, 0.3) is 0 Å². The van der Waals surface area contributed by atoms with Crippen LogP contribution in [-0.4, -0.2) is 22.2 Å². The summed E-state index contributed by atoms with van der Waals surface area (Å²) in [6.45, 7) is 7.27. The van der Waals surface area contributed by atoms with E-state index in [1.165, 1.54) is 11.1 Å². The fourth-order valence-corrected chi connectivity index (χ4v) is 1.29. The maximum atomic E-state index is 9.80. The average molecular weight is 208 g/mol. The first-order valence-electron chi connectivity index (χ1n) is 5.38. The van der Waals surface area contributed by atoms with Gasteiger partial charge in [-0.05, 0) is 37.5 Å². The highest BCUT2D eigenvalue weighted by atomic mass is 16.3. The molecule has 0 aliphatic carbocycles. The Morgan fingerprint density at radius 2 is 2.27 bits per heavy atom. The van der Waals surface area contributed by atoms with Crippen molar-refractivity contribution < 1.29 is 5.11 Å². The van der Waals surface area contributed by atoms with Crippen LogP contribution in [0.4, 0.5) is 0 Å². The summed E-state index contributed by atoms with van der Waals surface area (Å²) in [6, 6.07) is 2.00. The highest BCUT2D eigenvalue weighted by Crippen LogP contribution is 2.08. The molecule has 0 bridgehead atoms. The molecular formula is C12H20N2O. The van der Waals surface area contributed by atoms with E-state index in [4.69, 9.17) is 0 Å². The van der Waals surface area contributed by atoms with Crippen molar-refractivity contribution in [3.63, 3.8) is 0 Å². The summed E-state index contributed by atoms with van der Waals surface area (Å²) in [7, 11) is 0. The highest BCUT2D eigenvalue weighted by Gasteiger charge is 2.16. The van der Waals surface area contributed by atoms with Crippen molar-refractivity contribution in [2.45, 2.75) is 39.3 Å². The van der Waals surface area contributed by atoms with Crippen molar-refractivity contribution in [3.8, 4) is 0 Å². The van der Waals surface area contributed by atoms with Crippen LogP contribution in [0.5, 0.6) is 0 Å². The summed E-state index contributed by atoms with van der Waals surface area (Å²) in [5, 5.41) is 13.1. The maximum absolute atomic E-state index is 9.80. The highest BCUT2D eigenvalue weighted by molar-refractivity contribution is 5.21. The molecule has 0 aliphatic heterocycles. The number of nitrogens with zero attached hydrogens (tertiary/aromatic N) is 1. The lowest BCUT2D eigenvalue weighted by Crippen LogP contribution is -2.36. The van der Waals surface area contributed by atoms with E-state index in [0.717, 1.165) is 13.0 Å². The second-order valence-corrected chi connectivity index (χ2v) is 4.26. The van der Waals surface area contributed by atoms with Crippen molar-refractivity contribution in [2.75, 3.05) is 6.54 Å². The quantitative estimate of drug-likeness (QED) is 0.773. The van der Waals surface area contributed by atoms with Gasteiger partial charge in [-0.25, -0.2) is 0 Å². The molecule has 1 rings (SSSR count). The summed E-state index contributed by atoms with van der Waals surface area (Å²) in [5.74, 6) is 0. The Bertz CT molecular complexity index is 310. The number of pyridine rings is 1. The fraction of sp³-hybridized carbons (Fsp3) is 0.583. The molecule has 1 unspecified atom stereocenters. The lowest BCUT2D eigenvalue weighted by atomic mass is 10.0. The van der Waals surface area contributed by atoms with E-state index < -0.39 is 5.60 Å². The summed E-state index contributed by atoms with van der Waals surface area (Å²) in [4.78, 5) is 4.04. The van der Waals surface area contributed by atoms with E-state index >= 15 is 0 Å². The van der Waals surface area contributed by atoms with Gasteiger partial charge in [-0.1, -0.05) is 6.92 Å². The van der Waals surface area contributed by atoms with Gasteiger partial charge in [0.1, 0.15) is 0 Å². The van der Waals surface area contributed by atoms with Gasteiger partial charge in [0, 0.05) is 25.5 Å². The predicted molar refractivity (Wildman–Crippen MR) is 61.6 cm³/mol. The Morgan fingerprint density at radius 3 is 2.87 bits per heavy atom. The molecule has 3 nitrogen and oxygen atoms in total. The second kappa shape index (κ2) is 5.24. The molecule has 1 aromatic rings. The van der Waals surface area contributed by atoms with Crippen molar-refractivity contribution in [3.05, 3.63) is 29.6 Å². The van der Waals surface area contributed by atoms with Gasteiger partial charge in [0.2, 0.25) is 0 Å². The van der Waals surface area contributed by atoms with Gasteiger partial charge in [0.15, 0.2) is 0 Å². The largest absolute Gasteiger partial charge is 0.389 e. The topological polar surface area (TPSA) is 45.1 Å². The fourth-order valence-electron chi connectivity index (χ4n) is 1.29. The molecule has 0 saturated carbocycles. The third-order valence-electron chi connectivity index (χ3n) is 2.72. The molecule has 0 fully saturated rings. The van der Waals surface area contributed by atoms with Gasteiger partial charge >= 0.3 is 0 Å². The van der Waals surface area contributed by atoms with Gasteiger partial charge in [-0.2, -0.15) is 0 Å². The minimum absolute atomic E-state index is 0.610. The third-order valence-corrected chi connectivity index (χ3v) is 2.72. The standard InChI is InChI=1S/C12H20N2O/c1-4-12(3,15)9-14-8-11-5-6-13-7-10(11)2/h5-7,14-15H,4,8-9H2,1-3H3. The van der Waals surface area contributed by atoms with Crippen LogP contribution in [0.15, 0.2) is 18.5 Å². The average Bonchev–Trinajstić information content (AvgIpc) is 2.21. The lowest BCUT2D eigenvalue weighted by molar-refractivity contribution is 0.0555. The summed E-state index contributed by atoms with van der Waals surface area (Å²) in [6.07, 6.45) is 4.41. The third kappa shape index (κ3) is 3.98. The van der Waals surface area contributed by atoms with Gasteiger partial charge in [0.25, 0.3) is 0 Å². The minimum atomic E-state index is -0.610. The number of hydrogen-bond donors (Lipinski definition) is 2. The minimum Gasteiger partial charge on any atom is -0.389 e. The Labute approximate surface area is 91.5 Å². The molecule has 1 atom stereocenters. The maximum Gasteiger partial charge on any atom is 0.0741 e. The molecule has 0 spiro atoms. The van der Waals surface area contributed by atoms with Crippen LogP contribution >= 0.6 is 0 Å². The van der Waals surface area contributed by atoms with Crippen molar-refractivity contribution in [2.24, 2.45) is 0 Å². The number of nitrogens with one attached hydrogen (secondary N) is 1. The van der Waals surface area contributed by atoms with Crippen molar-refractivity contribution in [1.82, 2.24) is 10.3 Å². The molecule has 0 amide bonds. The van der Waals surface area contributed by atoms with Gasteiger partial charge in [-0.15, -0.1) is 0 Å². The SMILES string of the molecule is CCC(C)(O)CNCc1ccncc1C. The first-order valence-corrected chi connectivity index (χ1v) is 5.38. The van der Waals surface area contributed by atoms with Crippen molar-refractivity contribution >= 4 is 0 Å². The number of aliphatic hydroxyl groups is 1. The van der Waals surface area contributed by atoms with E-state index in [2.05, 4.69) is 10.3 Å². The van der Waals surface area contributed by atoms with Crippen molar-refractivity contribution in [1.29, 1.82) is 0 Å². The summed E-state index contributed by atoms with van der Waals surface area (Å²) >= 11 is 0. The molecular weight excluding hydrogens is 188 g/mol. The molecule has 0 saturated heterocycles. The van der Waals surface area contributed by atoms with Gasteiger partial charge < -0.3 is 10.4 Å².